The molecule has 1 aliphatic rings. The lowest BCUT2D eigenvalue weighted by Crippen LogP contribution is -2.52. The van der Waals surface area contributed by atoms with Gasteiger partial charge in [-0.1, -0.05) is 13.0 Å². The molecule has 2 aromatic heterocycles. The molecule has 25 heavy (non-hydrogen) atoms. The lowest BCUT2D eigenvalue weighted by atomic mass is 10.1. The molecule has 6 heteroatoms. The summed E-state index contributed by atoms with van der Waals surface area (Å²) < 4.78 is 0. The highest BCUT2D eigenvalue weighted by atomic mass is 16.2. The second-order valence-corrected chi connectivity index (χ2v) is 6.31. The summed E-state index contributed by atoms with van der Waals surface area (Å²) in [6.07, 6.45) is 6.20. The topological polar surface area (TPSA) is 61.4 Å². The van der Waals surface area contributed by atoms with Crippen molar-refractivity contribution in [3.05, 3.63) is 54.0 Å². The largest absolute Gasteiger partial charge is 0.353 e. The van der Waals surface area contributed by atoms with Crippen molar-refractivity contribution < 1.29 is 4.79 Å². The monoisotopic (exact) mass is 339 g/mol. The van der Waals surface area contributed by atoms with Crippen molar-refractivity contribution in [1.82, 2.24) is 20.2 Å². The number of piperazine rings is 1. The van der Waals surface area contributed by atoms with E-state index in [1.807, 2.05) is 29.3 Å². The number of aromatic nitrogens is 2. The van der Waals surface area contributed by atoms with Crippen molar-refractivity contribution >= 4 is 11.8 Å². The minimum atomic E-state index is 0.000977. The Labute approximate surface area is 148 Å². The molecule has 0 aromatic carbocycles. The SMILES string of the molecule is CC[C@H](NC(=O)N1CCN(c2ncccc2C)CC1)c1ccncc1. The molecule has 1 fully saturated rings. The number of carbonyl (C=O) groups excluding carboxylic acids is 1. The summed E-state index contributed by atoms with van der Waals surface area (Å²) in [5, 5.41) is 3.14. The van der Waals surface area contributed by atoms with Gasteiger partial charge in [-0.05, 0) is 42.7 Å². The van der Waals surface area contributed by atoms with Crippen molar-refractivity contribution in [2.45, 2.75) is 26.3 Å². The van der Waals surface area contributed by atoms with Crippen LogP contribution in [0, 0.1) is 6.92 Å². The third kappa shape index (κ3) is 4.07. The first-order valence-corrected chi connectivity index (χ1v) is 8.81. The van der Waals surface area contributed by atoms with Gasteiger partial charge in [-0.3, -0.25) is 4.98 Å². The van der Waals surface area contributed by atoms with E-state index >= 15 is 0 Å². The van der Waals surface area contributed by atoms with Gasteiger partial charge in [-0.25, -0.2) is 9.78 Å². The number of anilines is 1. The molecule has 6 nitrogen and oxygen atoms in total. The Morgan fingerprint density at radius 2 is 1.88 bits per heavy atom. The third-order valence-electron chi connectivity index (χ3n) is 4.66. The molecule has 1 N–H and O–H groups in total. The average Bonchev–Trinajstić information content (AvgIpc) is 2.67. The van der Waals surface area contributed by atoms with Crippen molar-refractivity contribution in [3.63, 3.8) is 0 Å². The molecule has 3 heterocycles. The molecule has 0 aliphatic carbocycles. The molecule has 132 valence electrons. The summed E-state index contributed by atoms with van der Waals surface area (Å²) in [5.74, 6) is 1.02. The van der Waals surface area contributed by atoms with E-state index in [4.69, 9.17) is 0 Å². The number of rotatable bonds is 4. The Bertz CT molecular complexity index is 698. The summed E-state index contributed by atoms with van der Waals surface area (Å²) in [6.45, 7) is 7.16. The highest BCUT2D eigenvalue weighted by molar-refractivity contribution is 5.75. The maximum atomic E-state index is 12.6. The lowest BCUT2D eigenvalue weighted by Gasteiger charge is -2.36. The van der Waals surface area contributed by atoms with Gasteiger partial charge in [0.05, 0.1) is 6.04 Å². The zero-order valence-corrected chi connectivity index (χ0v) is 14.9. The van der Waals surface area contributed by atoms with E-state index in [1.165, 1.54) is 5.56 Å². The number of pyridine rings is 2. The summed E-state index contributed by atoms with van der Waals surface area (Å²) in [6, 6.07) is 7.95. The van der Waals surface area contributed by atoms with E-state index in [0.717, 1.165) is 30.9 Å². The van der Waals surface area contributed by atoms with Gasteiger partial charge < -0.3 is 15.1 Å². The molecular weight excluding hydrogens is 314 g/mol. The van der Waals surface area contributed by atoms with Gasteiger partial charge in [0.2, 0.25) is 0 Å². The minimum absolute atomic E-state index is 0.000977. The van der Waals surface area contributed by atoms with Gasteiger partial charge >= 0.3 is 6.03 Å². The Morgan fingerprint density at radius 1 is 1.16 bits per heavy atom. The average molecular weight is 339 g/mol. The molecule has 0 unspecified atom stereocenters. The molecule has 1 aliphatic heterocycles. The molecule has 0 saturated carbocycles. The third-order valence-corrected chi connectivity index (χ3v) is 4.66. The lowest BCUT2D eigenvalue weighted by molar-refractivity contribution is 0.190. The Balaban J connectivity index is 1.57. The highest BCUT2D eigenvalue weighted by Gasteiger charge is 2.24. The van der Waals surface area contributed by atoms with E-state index in [-0.39, 0.29) is 12.1 Å². The van der Waals surface area contributed by atoms with Crippen molar-refractivity contribution in [2.24, 2.45) is 0 Å². The van der Waals surface area contributed by atoms with Crippen LogP contribution in [0.4, 0.5) is 10.6 Å². The normalized spacial score (nSPS) is 15.8. The molecule has 3 rings (SSSR count). The van der Waals surface area contributed by atoms with Crippen LogP contribution < -0.4 is 10.2 Å². The molecular formula is C19H25N5O. The highest BCUT2D eigenvalue weighted by Crippen LogP contribution is 2.19. The van der Waals surface area contributed by atoms with Crippen LogP contribution in [0.2, 0.25) is 0 Å². The number of hydrogen-bond acceptors (Lipinski definition) is 4. The zero-order valence-electron chi connectivity index (χ0n) is 14.9. The molecule has 0 radical (unpaired) electrons. The number of aryl methyl sites for hydroxylation is 1. The Hall–Kier alpha value is -2.63. The number of nitrogens with one attached hydrogen (secondary N) is 1. The number of hydrogen-bond donors (Lipinski definition) is 1. The summed E-state index contributed by atoms with van der Waals surface area (Å²) >= 11 is 0. The second-order valence-electron chi connectivity index (χ2n) is 6.31. The maximum absolute atomic E-state index is 12.6. The van der Waals surface area contributed by atoms with Crippen LogP contribution in [0.1, 0.15) is 30.5 Å². The van der Waals surface area contributed by atoms with E-state index in [1.54, 1.807) is 12.4 Å². The number of nitrogens with zero attached hydrogens (tertiary/aromatic N) is 4. The van der Waals surface area contributed by atoms with Crippen LogP contribution in [0.5, 0.6) is 0 Å². The number of carbonyl (C=O) groups is 1. The molecule has 1 saturated heterocycles. The standard InChI is InChI=1S/C19H25N5O/c1-3-17(16-6-9-20-10-7-16)22-19(25)24-13-11-23(12-14-24)18-15(2)5-4-8-21-18/h4-10,17H,3,11-14H2,1-2H3,(H,22,25)/t17-/m0/s1. The quantitative estimate of drug-likeness (QED) is 0.930. The predicted octanol–water partition coefficient (Wildman–Crippen LogP) is 2.77. The van der Waals surface area contributed by atoms with Crippen LogP contribution in [0.15, 0.2) is 42.9 Å². The molecule has 2 amide bonds. The maximum Gasteiger partial charge on any atom is 0.318 e. The van der Waals surface area contributed by atoms with Crippen molar-refractivity contribution in [1.29, 1.82) is 0 Å². The zero-order chi connectivity index (χ0) is 17.6. The summed E-state index contributed by atoms with van der Waals surface area (Å²) in [7, 11) is 0. The van der Waals surface area contributed by atoms with Gasteiger partial charge in [-0.15, -0.1) is 0 Å². The van der Waals surface area contributed by atoms with Gasteiger partial charge in [0.1, 0.15) is 5.82 Å². The van der Waals surface area contributed by atoms with E-state index in [0.29, 0.717) is 13.1 Å². The fourth-order valence-electron chi connectivity index (χ4n) is 3.19. The molecule has 2 aromatic rings. The van der Waals surface area contributed by atoms with E-state index < -0.39 is 0 Å². The minimum Gasteiger partial charge on any atom is -0.353 e. The van der Waals surface area contributed by atoms with E-state index in [9.17, 15) is 4.79 Å². The first kappa shape index (κ1) is 17.2. The van der Waals surface area contributed by atoms with E-state index in [2.05, 4.69) is 40.1 Å². The second kappa shape index (κ2) is 7.96. The Kier molecular flexibility index (Phi) is 5.48. The van der Waals surface area contributed by atoms with Crippen LogP contribution >= 0.6 is 0 Å². The number of amides is 2. The fourth-order valence-corrected chi connectivity index (χ4v) is 3.19. The molecule has 0 spiro atoms. The van der Waals surface area contributed by atoms with Crippen LogP contribution in [0.3, 0.4) is 0 Å². The predicted molar refractivity (Wildman–Crippen MR) is 98.6 cm³/mol. The van der Waals surface area contributed by atoms with Gasteiger partial charge in [0, 0.05) is 44.8 Å². The van der Waals surface area contributed by atoms with Gasteiger partial charge in [0.25, 0.3) is 0 Å². The number of urea groups is 1. The summed E-state index contributed by atoms with van der Waals surface area (Å²) in [4.78, 5) is 25.3. The van der Waals surface area contributed by atoms with Gasteiger partial charge in [0.15, 0.2) is 0 Å². The van der Waals surface area contributed by atoms with Crippen LogP contribution in [-0.2, 0) is 0 Å². The van der Waals surface area contributed by atoms with Gasteiger partial charge in [-0.2, -0.15) is 0 Å². The smallest absolute Gasteiger partial charge is 0.318 e. The van der Waals surface area contributed by atoms with Crippen LogP contribution in [0.25, 0.3) is 0 Å². The summed E-state index contributed by atoms with van der Waals surface area (Å²) in [5.41, 5.74) is 2.26. The molecule has 1 atom stereocenters. The fraction of sp³-hybridized carbons (Fsp3) is 0.421. The Morgan fingerprint density at radius 3 is 2.52 bits per heavy atom. The van der Waals surface area contributed by atoms with Crippen molar-refractivity contribution in [3.8, 4) is 0 Å². The first-order valence-electron chi connectivity index (χ1n) is 8.81. The first-order chi connectivity index (χ1) is 12.2. The van der Waals surface area contributed by atoms with Crippen LogP contribution in [-0.4, -0.2) is 47.1 Å². The molecule has 0 bridgehead atoms. The van der Waals surface area contributed by atoms with Crippen molar-refractivity contribution in [2.75, 3.05) is 31.1 Å².